The molecule has 0 saturated heterocycles. The Morgan fingerprint density at radius 3 is 2.64 bits per heavy atom. The van der Waals surface area contributed by atoms with Crippen molar-refractivity contribution in [3.63, 3.8) is 0 Å². The van der Waals surface area contributed by atoms with E-state index in [1.807, 2.05) is 37.3 Å². The van der Waals surface area contributed by atoms with Gasteiger partial charge in [-0.05, 0) is 43.7 Å². The molecular weight excluding hydrogens is 276 g/mol. The standard InChI is InChI=1S/C18H16N2O2/c1-11-7-8-13(10-17(11)21)18(22)20-16-9-12(2)19-15-6-4-3-5-14(15)16/h3-10,21H,1-2H3,(H,19,20,22). The van der Waals surface area contributed by atoms with Crippen LogP contribution in [0.1, 0.15) is 21.6 Å². The third-order valence-electron chi connectivity index (χ3n) is 3.56. The molecule has 4 nitrogen and oxygen atoms in total. The van der Waals surface area contributed by atoms with Gasteiger partial charge in [0.1, 0.15) is 5.75 Å². The summed E-state index contributed by atoms with van der Waals surface area (Å²) < 4.78 is 0. The van der Waals surface area contributed by atoms with Crippen molar-refractivity contribution in [2.75, 3.05) is 5.32 Å². The zero-order valence-electron chi connectivity index (χ0n) is 12.4. The van der Waals surface area contributed by atoms with E-state index in [0.29, 0.717) is 11.3 Å². The number of fused-ring (bicyclic) bond motifs is 1. The van der Waals surface area contributed by atoms with E-state index in [2.05, 4.69) is 10.3 Å². The number of nitrogens with zero attached hydrogens (tertiary/aromatic N) is 1. The second-order valence-electron chi connectivity index (χ2n) is 5.28. The monoisotopic (exact) mass is 292 g/mol. The Bertz CT molecular complexity index is 872. The molecule has 0 saturated carbocycles. The molecule has 2 N–H and O–H groups in total. The summed E-state index contributed by atoms with van der Waals surface area (Å²) in [6.45, 7) is 3.68. The van der Waals surface area contributed by atoms with E-state index in [1.165, 1.54) is 6.07 Å². The lowest BCUT2D eigenvalue weighted by molar-refractivity contribution is 0.102. The smallest absolute Gasteiger partial charge is 0.255 e. The van der Waals surface area contributed by atoms with E-state index >= 15 is 0 Å². The fourth-order valence-electron chi connectivity index (χ4n) is 2.36. The number of aromatic hydroxyl groups is 1. The average Bonchev–Trinajstić information content (AvgIpc) is 2.49. The first-order valence-corrected chi connectivity index (χ1v) is 7.02. The highest BCUT2D eigenvalue weighted by Gasteiger charge is 2.11. The van der Waals surface area contributed by atoms with Gasteiger partial charge >= 0.3 is 0 Å². The summed E-state index contributed by atoms with van der Waals surface area (Å²) in [5.74, 6) is -0.144. The topological polar surface area (TPSA) is 62.2 Å². The first-order chi connectivity index (χ1) is 10.5. The van der Waals surface area contributed by atoms with Crippen molar-refractivity contribution in [3.8, 4) is 5.75 Å². The number of carbonyl (C=O) groups excluding carboxylic acids is 1. The van der Waals surface area contributed by atoms with Crippen LogP contribution in [0.3, 0.4) is 0 Å². The molecule has 0 aliphatic heterocycles. The van der Waals surface area contributed by atoms with Gasteiger partial charge in [0, 0.05) is 16.6 Å². The maximum atomic E-state index is 12.4. The summed E-state index contributed by atoms with van der Waals surface area (Å²) in [6.07, 6.45) is 0. The van der Waals surface area contributed by atoms with E-state index in [9.17, 15) is 9.90 Å². The predicted octanol–water partition coefficient (Wildman–Crippen LogP) is 3.81. The van der Waals surface area contributed by atoms with Crippen molar-refractivity contribution in [1.29, 1.82) is 0 Å². The zero-order valence-corrected chi connectivity index (χ0v) is 12.4. The lowest BCUT2D eigenvalue weighted by Gasteiger charge is -2.10. The molecule has 2 aromatic carbocycles. The van der Waals surface area contributed by atoms with Gasteiger partial charge in [-0.15, -0.1) is 0 Å². The molecule has 3 aromatic rings. The number of anilines is 1. The van der Waals surface area contributed by atoms with Crippen LogP contribution in [0.5, 0.6) is 5.75 Å². The maximum absolute atomic E-state index is 12.4. The summed E-state index contributed by atoms with van der Waals surface area (Å²) in [6, 6.07) is 14.4. The number of aromatic nitrogens is 1. The molecular formula is C18H16N2O2. The van der Waals surface area contributed by atoms with E-state index < -0.39 is 0 Å². The lowest BCUT2D eigenvalue weighted by Crippen LogP contribution is -2.12. The molecule has 0 radical (unpaired) electrons. The number of nitrogens with one attached hydrogen (secondary N) is 1. The number of aryl methyl sites for hydroxylation is 2. The summed E-state index contributed by atoms with van der Waals surface area (Å²) in [4.78, 5) is 16.8. The molecule has 3 rings (SSSR count). The van der Waals surface area contributed by atoms with Crippen molar-refractivity contribution in [1.82, 2.24) is 4.98 Å². The number of phenolic OH excluding ortho intramolecular Hbond substituents is 1. The number of para-hydroxylation sites is 1. The van der Waals surface area contributed by atoms with Crippen molar-refractivity contribution < 1.29 is 9.90 Å². The fraction of sp³-hybridized carbons (Fsp3) is 0.111. The molecule has 1 heterocycles. The summed E-state index contributed by atoms with van der Waals surface area (Å²) in [7, 11) is 0. The van der Waals surface area contributed by atoms with Crippen molar-refractivity contribution in [3.05, 3.63) is 65.4 Å². The second-order valence-corrected chi connectivity index (χ2v) is 5.28. The highest BCUT2D eigenvalue weighted by Crippen LogP contribution is 2.24. The Morgan fingerprint density at radius 2 is 1.86 bits per heavy atom. The van der Waals surface area contributed by atoms with Crippen LogP contribution in [-0.2, 0) is 0 Å². The van der Waals surface area contributed by atoms with Crippen LogP contribution in [-0.4, -0.2) is 16.0 Å². The Morgan fingerprint density at radius 1 is 1.09 bits per heavy atom. The van der Waals surface area contributed by atoms with Gasteiger partial charge in [0.2, 0.25) is 0 Å². The van der Waals surface area contributed by atoms with Gasteiger partial charge in [0.25, 0.3) is 5.91 Å². The van der Waals surface area contributed by atoms with Crippen molar-refractivity contribution >= 4 is 22.5 Å². The molecule has 0 aliphatic carbocycles. The summed E-state index contributed by atoms with van der Waals surface area (Å²) in [5, 5.41) is 13.5. The molecule has 22 heavy (non-hydrogen) atoms. The Balaban J connectivity index is 1.99. The minimum absolute atomic E-state index is 0.114. The van der Waals surface area contributed by atoms with Crippen LogP contribution < -0.4 is 5.32 Å². The van der Waals surface area contributed by atoms with Crippen LogP contribution in [0.25, 0.3) is 10.9 Å². The molecule has 0 fully saturated rings. The van der Waals surface area contributed by atoms with Gasteiger partial charge in [0.15, 0.2) is 0 Å². The largest absolute Gasteiger partial charge is 0.508 e. The van der Waals surface area contributed by atoms with Crippen LogP contribution in [0.15, 0.2) is 48.5 Å². The van der Waals surface area contributed by atoms with E-state index in [1.54, 1.807) is 19.1 Å². The molecule has 0 spiro atoms. The Kier molecular flexibility index (Phi) is 3.51. The average molecular weight is 292 g/mol. The minimum atomic E-state index is -0.258. The first-order valence-electron chi connectivity index (χ1n) is 7.02. The van der Waals surface area contributed by atoms with Crippen LogP contribution in [0.4, 0.5) is 5.69 Å². The van der Waals surface area contributed by atoms with Crippen LogP contribution in [0, 0.1) is 13.8 Å². The summed E-state index contributed by atoms with van der Waals surface area (Å²) >= 11 is 0. The molecule has 1 amide bonds. The molecule has 4 heteroatoms. The number of amides is 1. The van der Waals surface area contributed by atoms with E-state index in [-0.39, 0.29) is 11.7 Å². The lowest BCUT2D eigenvalue weighted by atomic mass is 10.1. The quantitative estimate of drug-likeness (QED) is 0.755. The van der Waals surface area contributed by atoms with Gasteiger partial charge in [-0.3, -0.25) is 9.78 Å². The number of phenols is 1. The Labute approximate surface area is 128 Å². The minimum Gasteiger partial charge on any atom is -0.508 e. The van der Waals surface area contributed by atoms with Gasteiger partial charge in [-0.2, -0.15) is 0 Å². The van der Waals surface area contributed by atoms with E-state index in [4.69, 9.17) is 0 Å². The number of pyridine rings is 1. The molecule has 0 unspecified atom stereocenters. The molecule has 110 valence electrons. The number of carbonyl (C=O) groups is 1. The third kappa shape index (κ3) is 2.63. The zero-order chi connectivity index (χ0) is 15.7. The number of hydrogen-bond acceptors (Lipinski definition) is 3. The summed E-state index contributed by atoms with van der Waals surface area (Å²) in [5.41, 5.74) is 3.54. The number of hydrogen-bond donors (Lipinski definition) is 2. The molecule has 0 atom stereocenters. The van der Waals surface area contributed by atoms with Crippen molar-refractivity contribution in [2.45, 2.75) is 13.8 Å². The number of rotatable bonds is 2. The molecule has 0 aliphatic rings. The van der Waals surface area contributed by atoms with Gasteiger partial charge < -0.3 is 10.4 Å². The highest BCUT2D eigenvalue weighted by atomic mass is 16.3. The fourth-order valence-corrected chi connectivity index (χ4v) is 2.36. The van der Waals surface area contributed by atoms with Crippen LogP contribution >= 0.6 is 0 Å². The highest BCUT2D eigenvalue weighted by molar-refractivity contribution is 6.08. The number of benzene rings is 2. The predicted molar refractivity (Wildman–Crippen MR) is 87.3 cm³/mol. The van der Waals surface area contributed by atoms with Gasteiger partial charge in [-0.25, -0.2) is 0 Å². The Hall–Kier alpha value is -2.88. The van der Waals surface area contributed by atoms with Gasteiger partial charge in [0.05, 0.1) is 11.2 Å². The maximum Gasteiger partial charge on any atom is 0.255 e. The molecule has 0 bridgehead atoms. The second kappa shape index (κ2) is 5.48. The third-order valence-corrected chi connectivity index (χ3v) is 3.56. The normalized spacial score (nSPS) is 10.6. The SMILES string of the molecule is Cc1cc(NC(=O)c2ccc(C)c(O)c2)c2ccccc2n1. The van der Waals surface area contributed by atoms with Crippen molar-refractivity contribution in [2.24, 2.45) is 0 Å². The van der Waals surface area contributed by atoms with Gasteiger partial charge in [-0.1, -0.05) is 24.3 Å². The molecule has 1 aromatic heterocycles. The van der Waals surface area contributed by atoms with Crippen LogP contribution in [0.2, 0.25) is 0 Å². The first kappa shape index (κ1) is 14.1. The van der Waals surface area contributed by atoms with E-state index in [0.717, 1.165) is 22.2 Å².